The van der Waals surface area contributed by atoms with E-state index in [0.717, 1.165) is 32.3 Å². The Bertz CT molecular complexity index is 236. The summed E-state index contributed by atoms with van der Waals surface area (Å²) in [4.78, 5) is 11.3. The van der Waals surface area contributed by atoms with Gasteiger partial charge in [-0.2, -0.15) is 0 Å². The minimum atomic E-state index is 0.0675. The number of hydrogen-bond donors (Lipinski definition) is 1. The Labute approximate surface area is 110 Å². The highest BCUT2D eigenvalue weighted by Crippen LogP contribution is 1.97. The SMILES string of the molecule is C#CCCCCC(=O)NCCOCCOCCC. The van der Waals surface area contributed by atoms with Crippen molar-refractivity contribution < 1.29 is 14.3 Å². The zero-order valence-electron chi connectivity index (χ0n) is 11.4. The molecule has 4 nitrogen and oxygen atoms in total. The maximum absolute atomic E-state index is 11.3. The quantitative estimate of drug-likeness (QED) is 0.427. The van der Waals surface area contributed by atoms with Gasteiger partial charge >= 0.3 is 0 Å². The molecule has 0 aromatic carbocycles. The first-order valence-corrected chi connectivity index (χ1v) is 6.67. The molecule has 0 unspecified atom stereocenters. The summed E-state index contributed by atoms with van der Waals surface area (Å²) in [7, 11) is 0. The summed E-state index contributed by atoms with van der Waals surface area (Å²) in [6.07, 6.45) is 9.20. The molecule has 0 aliphatic rings. The van der Waals surface area contributed by atoms with Crippen molar-refractivity contribution in [2.75, 3.05) is 33.0 Å². The van der Waals surface area contributed by atoms with E-state index in [9.17, 15) is 4.79 Å². The van der Waals surface area contributed by atoms with Crippen molar-refractivity contribution in [2.45, 2.75) is 39.0 Å². The lowest BCUT2D eigenvalue weighted by molar-refractivity contribution is -0.121. The molecule has 0 saturated heterocycles. The van der Waals surface area contributed by atoms with Crippen LogP contribution in [0.3, 0.4) is 0 Å². The van der Waals surface area contributed by atoms with Crippen molar-refractivity contribution in [3.63, 3.8) is 0 Å². The van der Waals surface area contributed by atoms with Crippen LogP contribution in [0.1, 0.15) is 39.0 Å². The Kier molecular flexibility index (Phi) is 13.2. The van der Waals surface area contributed by atoms with Crippen LogP contribution >= 0.6 is 0 Å². The second-order valence-electron chi connectivity index (χ2n) is 3.99. The maximum atomic E-state index is 11.3. The standard InChI is InChI=1S/C14H25NO3/c1-3-5-6-7-8-14(16)15-9-11-18-13-12-17-10-4-2/h1H,4-13H2,2H3,(H,15,16). The third-order valence-electron chi connectivity index (χ3n) is 2.26. The molecule has 0 aliphatic heterocycles. The van der Waals surface area contributed by atoms with E-state index >= 15 is 0 Å². The summed E-state index contributed by atoms with van der Waals surface area (Å²) >= 11 is 0. The van der Waals surface area contributed by atoms with Crippen LogP contribution in [0.25, 0.3) is 0 Å². The topological polar surface area (TPSA) is 47.6 Å². The fraction of sp³-hybridized carbons (Fsp3) is 0.786. The Hall–Kier alpha value is -1.05. The molecule has 0 aliphatic carbocycles. The lowest BCUT2D eigenvalue weighted by atomic mass is 10.2. The van der Waals surface area contributed by atoms with Crippen LogP contribution in [-0.4, -0.2) is 38.9 Å². The van der Waals surface area contributed by atoms with Gasteiger partial charge in [-0.15, -0.1) is 12.3 Å². The van der Waals surface area contributed by atoms with Crippen LogP contribution in [0.5, 0.6) is 0 Å². The van der Waals surface area contributed by atoms with Crippen molar-refractivity contribution in [1.29, 1.82) is 0 Å². The zero-order chi connectivity index (χ0) is 13.5. The number of carbonyl (C=O) groups excluding carboxylic acids is 1. The van der Waals surface area contributed by atoms with Gasteiger partial charge in [0.05, 0.1) is 19.8 Å². The highest BCUT2D eigenvalue weighted by Gasteiger charge is 1.99. The second-order valence-corrected chi connectivity index (χ2v) is 3.99. The van der Waals surface area contributed by atoms with E-state index < -0.39 is 0 Å². The van der Waals surface area contributed by atoms with Gasteiger partial charge in [0, 0.05) is 26.0 Å². The predicted molar refractivity (Wildman–Crippen MR) is 72.2 cm³/mol. The van der Waals surface area contributed by atoms with E-state index in [1.165, 1.54) is 0 Å². The molecule has 0 radical (unpaired) electrons. The Morgan fingerprint density at radius 3 is 2.56 bits per heavy atom. The number of rotatable bonds is 12. The third kappa shape index (κ3) is 13.0. The molecule has 0 spiro atoms. The number of hydrogen-bond acceptors (Lipinski definition) is 3. The molecule has 0 rings (SSSR count). The first-order valence-electron chi connectivity index (χ1n) is 6.67. The lowest BCUT2D eigenvalue weighted by Crippen LogP contribution is -2.27. The highest BCUT2D eigenvalue weighted by molar-refractivity contribution is 5.75. The van der Waals surface area contributed by atoms with Crippen molar-refractivity contribution in [3.8, 4) is 12.3 Å². The van der Waals surface area contributed by atoms with Crippen molar-refractivity contribution in [2.24, 2.45) is 0 Å². The minimum Gasteiger partial charge on any atom is -0.379 e. The molecule has 0 atom stereocenters. The molecule has 1 amide bonds. The van der Waals surface area contributed by atoms with Crippen LogP contribution in [0.4, 0.5) is 0 Å². The smallest absolute Gasteiger partial charge is 0.220 e. The molecule has 0 aromatic heterocycles. The van der Waals surface area contributed by atoms with Gasteiger partial charge in [-0.1, -0.05) is 6.92 Å². The molecule has 0 bridgehead atoms. The molecule has 104 valence electrons. The van der Waals surface area contributed by atoms with Crippen LogP contribution in [-0.2, 0) is 14.3 Å². The van der Waals surface area contributed by atoms with E-state index in [0.29, 0.717) is 32.8 Å². The molecule has 0 aromatic rings. The van der Waals surface area contributed by atoms with Crippen LogP contribution < -0.4 is 5.32 Å². The molecular weight excluding hydrogens is 230 g/mol. The largest absolute Gasteiger partial charge is 0.379 e. The van der Waals surface area contributed by atoms with Crippen LogP contribution in [0, 0.1) is 12.3 Å². The number of amides is 1. The van der Waals surface area contributed by atoms with Crippen molar-refractivity contribution >= 4 is 5.91 Å². The summed E-state index contributed by atoms with van der Waals surface area (Å²) in [5.74, 6) is 2.63. The molecule has 0 fully saturated rings. The van der Waals surface area contributed by atoms with E-state index in [-0.39, 0.29) is 5.91 Å². The fourth-order valence-electron chi connectivity index (χ4n) is 1.33. The molecule has 0 saturated carbocycles. The summed E-state index contributed by atoms with van der Waals surface area (Å²) in [5.41, 5.74) is 0. The van der Waals surface area contributed by atoms with Gasteiger partial charge in [-0.3, -0.25) is 4.79 Å². The molecule has 0 heterocycles. The third-order valence-corrected chi connectivity index (χ3v) is 2.26. The number of nitrogens with one attached hydrogen (secondary N) is 1. The average Bonchev–Trinajstić information content (AvgIpc) is 2.38. The van der Waals surface area contributed by atoms with E-state index in [1.807, 2.05) is 0 Å². The van der Waals surface area contributed by atoms with Gasteiger partial charge in [-0.25, -0.2) is 0 Å². The van der Waals surface area contributed by atoms with E-state index in [1.54, 1.807) is 0 Å². The average molecular weight is 255 g/mol. The minimum absolute atomic E-state index is 0.0675. The van der Waals surface area contributed by atoms with E-state index in [2.05, 4.69) is 18.2 Å². The van der Waals surface area contributed by atoms with Gasteiger partial charge in [-0.05, 0) is 19.3 Å². The second kappa shape index (κ2) is 14.0. The first kappa shape index (κ1) is 16.9. The molecule has 1 N–H and O–H groups in total. The van der Waals surface area contributed by atoms with Crippen molar-refractivity contribution in [1.82, 2.24) is 5.32 Å². The number of terminal acetylenes is 1. The van der Waals surface area contributed by atoms with Crippen LogP contribution in [0.2, 0.25) is 0 Å². The molecule has 18 heavy (non-hydrogen) atoms. The number of ether oxygens (including phenoxy) is 2. The molecule has 4 heteroatoms. The van der Waals surface area contributed by atoms with Gasteiger partial charge in [0.2, 0.25) is 5.91 Å². The maximum Gasteiger partial charge on any atom is 0.220 e. The summed E-state index contributed by atoms with van der Waals surface area (Å²) in [6, 6.07) is 0. The van der Waals surface area contributed by atoms with Gasteiger partial charge < -0.3 is 14.8 Å². The Morgan fingerprint density at radius 2 is 1.89 bits per heavy atom. The van der Waals surface area contributed by atoms with E-state index in [4.69, 9.17) is 15.9 Å². The monoisotopic (exact) mass is 255 g/mol. The zero-order valence-corrected chi connectivity index (χ0v) is 11.4. The molecular formula is C14H25NO3. The lowest BCUT2D eigenvalue weighted by Gasteiger charge is -2.06. The Morgan fingerprint density at radius 1 is 1.17 bits per heavy atom. The van der Waals surface area contributed by atoms with Gasteiger partial charge in [0.1, 0.15) is 0 Å². The fourth-order valence-corrected chi connectivity index (χ4v) is 1.33. The summed E-state index contributed by atoms with van der Waals surface area (Å²) in [5, 5.41) is 2.81. The Balaban J connectivity index is 3.13. The predicted octanol–water partition coefficient (Wildman–Crippen LogP) is 1.74. The summed E-state index contributed by atoms with van der Waals surface area (Å²) in [6.45, 7) is 5.14. The highest BCUT2D eigenvalue weighted by atomic mass is 16.5. The van der Waals surface area contributed by atoms with Gasteiger partial charge in [0.25, 0.3) is 0 Å². The number of carbonyl (C=O) groups is 1. The van der Waals surface area contributed by atoms with Crippen molar-refractivity contribution in [3.05, 3.63) is 0 Å². The van der Waals surface area contributed by atoms with Gasteiger partial charge in [0.15, 0.2) is 0 Å². The van der Waals surface area contributed by atoms with Crippen LogP contribution in [0.15, 0.2) is 0 Å². The normalized spacial score (nSPS) is 10.0. The number of unbranched alkanes of at least 4 members (excludes halogenated alkanes) is 2. The summed E-state index contributed by atoms with van der Waals surface area (Å²) < 4.78 is 10.6. The first-order chi connectivity index (χ1) is 8.81.